The topological polar surface area (TPSA) is 96.0 Å². The normalized spacial score (nSPS) is 10.8. The molecule has 8 heteroatoms. The first-order chi connectivity index (χ1) is 15.5. The van der Waals surface area contributed by atoms with Crippen molar-refractivity contribution >= 4 is 16.7 Å². The van der Waals surface area contributed by atoms with Gasteiger partial charge in [0, 0.05) is 30.1 Å². The van der Waals surface area contributed by atoms with Gasteiger partial charge in [-0.1, -0.05) is 6.92 Å². The number of rotatable bonds is 7. The van der Waals surface area contributed by atoms with Crippen LogP contribution < -0.4 is 10.1 Å². The summed E-state index contributed by atoms with van der Waals surface area (Å²) in [7, 11) is 1.52. The first-order valence-electron chi connectivity index (χ1n) is 10.2. The number of halogens is 1. The second-order valence-corrected chi connectivity index (χ2v) is 7.22. The smallest absolute Gasteiger partial charge is 0.147 e. The van der Waals surface area contributed by atoms with Crippen LogP contribution in [0, 0.1) is 17.1 Å². The van der Waals surface area contributed by atoms with E-state index in [1.807, 2.05) is 25.1 Å². The van der Waals surface area contributed by atoms with Gasteiger partial charge in [0.05, 0.1) is 18.3 Å². The summed E-state index contributed by atoms with van der Waals surface area (Å²) in [5.41, 5.74) is 3.13. The molecule has 0 spiro atoms. The maximum atomic E-state index is 14.5. The molecule has 2 aromatic carbocycles. The van der Waals surface area contributed by atoms with Gasteiger partial charge >= 0.3 is 0 Å². The van der Waals surface area contributed by atoms with Crippen LogP contribution in [0.5, 0.6) is 11.5 Å². The van der Waals surface area contributed by atoms with Crippen LogP contribution in [0.3, 0.4) is 0 Å². The number of hydrogen-bond donors (Lipinski definition) is 2. The Morgan fingerprint density at radius 3 is 2.78 bits per heavy atom. The highest BCUT2D eigenvalue weighted by Gasteiger charge is 2.16. The van der Waals surface area contributed by atoms with Crippen molar-refractivity contribution in [3.05, 3.63) is 65.9 Å². The van der Waals surface area contributed by atoms with Crippen LogP contribution >= 0.6 is 0 Å². The zero-order valence-corrected chi connectivity index (χ0v) is 17.8. The number of fused-ring (bicyclic) bond motifs is 1. The van der Waals surface area contributed by atoms with Crippen molar-refractivity contribution in [2.75, 3.05) is 19.0 Å². The molecule has 0 unspecified atom stereocenters. The molecule has 0 aliphatic carbocycles. The van der Waals surface area contributed by atoms with Gasteiger partial charge in [0.15, 0.2) is 0 Å². The first-order valence-corrected chi connectivity index (χ1v) is 10.2. The molecule has 0 aliphatic rings. The summed E-state index contributed by atoms with van der Waals surface area (Å²) < 4.78 is 21.5. The highest BCUT2D eigenvalue weighted by molar-refractivity contribution is 5.88. The number of phenolic OH excluding ortho intramolecular Hbond substituents is 1. The lowest BCUT2D eigenvalue weighted by Crippen LogP contribution is -2.13. The van der Waals surface area contributed by atoms with E-state index in [1.165, 1.54) is 19.5 Å². The minimum atomic E-state index is -0.411. The van der Waals surface area contributed by atoms with E-state index < -0.39 is 5.82 Å². The largest absolute Gasteiger partial charge is 0.508 e. The van der Waals surface area contributed by atoms with Gasteiger partial charge < -0.3 is 19.7 Å². The second kappa shape index (κ2) is 8.94. The van der Waals surface area contributed by atoms with Crippen molar-refractivity contribution < 1.29 is 14.2 Å². The van der Waals surface area contributed by atoms with Crippen LogP contribution in [-0.2, 0) is 13.0 Å². The zero-order chi connectivity index (χ0) is 22.7. The highest BCUT2D eigenvalue weighted by Crippen LogP contribution is 2.31. The van der Waals surface area contributed by atoms with Crippen molar-refractivity contribution in [2.45, 2.75) is 19.9 Å². The fraction of sp³-hybridized carbons (Fsp3) is 0.208. The molecule has 2 aromatic heterocycles. The Bertz CT molecular complexity index is 1330. The zero-order valence-electron chi connectivity index (χ0n) is 17.8. The van der Waals surface area contributed by atoms with E-state index >= 15 is 0 Å². The number of methoxy groups -OCH3 is 1. The number of nitrogens with one attached hydrogen (secondary N) is 1. The van der Waals surface area contributed by atoms with Crippen molar-refractivity contribution in [2.24, 2.45) is 0 Å². The highest BCUT2D eigenvalue weighted by atomic mass is 19.1. The van der Waals surface area contributed by atoms with Gasteiger partial charge in [-0.3, -0.25) is 0 Å². The monoisotopic (exact) mass is 431 g/mol. The van der Waals surface area contributed by atoms with Gasteiger partial charge in [-0.15, -0.1) is 0 Å². The maximum absolute atomic E-state index is 14.5. The van der Waals surface area contributed by atoms with Crippen molar-refractivity contribution in [3.63, 3.8) is 0 Å². The van der Waals surface area contributed by atoms with Crippen molar-refractivity contribution in [1.29, 1.82) is 5.26 Å². The van der Waals surface area contributed by atoms with E-state index in [-0.39, 0.29) is 5.75 Å². The quantitative estimate of drug-likeness (QED) is 0.447. The summed E-state index contributed by atoms with van der Waals surface area (Å²) in [6, 6.07) is 13.8. The van der Waals surface area contributed by atoms with E-state index in [4.69, 9.17) is 4.74 Å². The Balaban J connectivity index is 1.55. The minimum absolute atomic E-state index is 0.264. The number of nitriles is 1. The number of aryl methyl sites for hydroxylation is 1. The molecule has 0 aliphatic heterocycles. The Hall–Kier alpha value is -4.12. The Kier molecular flexibility index (Phi) is 5.90. The van der Waals surface area contributed by atoms with Crippen molar-refractivity contribution in [1.82, 2.24) is 14.5 Å². The Labute approximate surface area is 184 Å². The summed E-state index contributed by atoms with van der Waals surface area (Å²) in [6.45, 7) is 2.75. The van der Waals surface area contributed by atoms with E-state index in [0.29, 0.717) is 47.7 Å². The first kappa shape index (κ1) is 21.1. The number of ether oxygens (including phenoxy) is 1. The summed E-state index contributed by atoms with van der Waals surface area (Å²) in [5, 5.41) is 23.2. The third kappa shape index (κ3) is 3.93. The van der Waals surface area contributed by atoms with Gasteiger partial charge in [0.1, 0.15) is 41.2 Å². The third-order valence-corrected chi connectivity index (χ3v) is 5.37. The minimum Gasteiger partial charge on any atom is -0.508 e. The molecule has 2 N–H and O–H groups in total. The van der Waals surface area contributed by atoms with Crippen LogP contribution in [0.15, 0.2) is 48.8 Å². The molecule has 0 amide bonds. The summed E-state index contributed by atoms with van der Waals surface area (Å²) >= 11 is 0. The van der Waals surface area contributed by atoms with Gasteiger partial charge in [-0.05, 0) is 48.4 Å². The predicted molar refractivity (Wildman–Crippen MR) is 120 cm³/mol. The molecule has 0 radical (unpaired) electrons. The standard InChI is InChI=1S/C24H22FN5O2/c1-3-15-10-16(4-6-21(15)31)20-12-23(29-14-28-20)27-8-9-30-17(13-26)11-18-22(32-2)7-5-19(25)24(18)30/h4-7,10-12,14,31H,3,8-9H2,1-2H3,(H,27,28,29). The van der Waals surface area contributed by atoms with Crippen LogP contribution in [0.1, 0.15) is 18.2 Å². The van der Waals surface area contributed by atoms with Crippen LogP contribution in [0.25, 0.3) is 22.2 Å². The fourth-order valence-electron chi connectivity index (χ4n) is 3.75. The maximum Gasteiger partial charge on any atom is 0.147 e. The fourth-order valence-corrected chi connectivity index (χ4v) is 3.75. The number of benzene rings is 2. The molecule has 2 heterocycles. The molecule has 0 bridgehead atoms. The van der Waals surface area contributed by atoms with Crippen LogP contribution in [0.4, 0.5) is 10.2 Å². The van der Waals surface area contributed by atoms with E-state index in [2.05, 4.69) is 21.4 Å². The Morgan fingerprint density at radius 1 is 1.19 bits per heavy atom. The van der Waals surface area contributed by atoms with Crippen LogP contribution in [0.2, 0.25) is 0 Å². The van der Waals surface area contributed by atoms with Crippen LogP contribution in [-0.4, -0.2) is 33.3 Å². The van der Waals surface area contributed by atoms with E-state index in [9.17, 15) is 14.8 Å². The molecule has 0 saturated carbocycles. The summed E-state index contributed by atoms with van der Waals surface area (Å²) in [5.74, 6) is 0.977. The predicted octanol–water partition coefficient (Wildman–Crippen LogP) is 4.50. The molecule has 4 aromatic rings. The van der Waals surface area contributed by atoms with Gasteiger partial charge in [0.2, 0.25) is 0 Å². The number of aromatic nitrogens is 3. The number of aromatic hydroxyl groups is 1. The molecular weight excluding hydrogens is 409 g/mol. The molecule has 0 saturated heterocycles. The van der Waals surface area contributed by atoms with Gasteiger partial charge in [0.25, 0.3) is 0 Å². The average molecular weight is 431 g/mol. The molecule has 32 heavy (non-hydrogen) atoms. The Morgan fingerprint density at radius 2 is 2.03 bits per heavy atom. The molecule has 0 atom stereocenters. The number of anilines is 1. The summed E-state index contributed by atoms with van der Waals surface area (Å²) in [4.78, 5) is 8.58. The molecule has 162 valence electrons. The van der Waals surface area contributed by atoms with E-state index in [1.54, 1.807) is 22.8 Å². The summed E-state index contributed by atoms with van der Waals surface area (Å²) in [6.07, 6.45) is 2.18. The average Bonchev–Trinajstić information content (AvgIpc) is 3.19. The lowest BCUT2D eigenvalue weighted by atomic mass is 10.1. The van der Waals surface area contributed by atoms with E-state index in [0.717, 1.165) is 16.8 Å². The number of phenols is 1. The second-order valence-electron chi connectivity index (χ2n) is 7.22. The third-order valence-electron chi connectivity index (χ3n) is 5.37. The SMILES string of the molecule is CCc1cc(-c2cc(NCCn3c(C#N)cc4c(OC)ccc(F)c43)ncn2)ccc1O. The molecular formula is C24H22FN5O2. The number of hydrogen-bond acceptors (Lipinski definition) is 6. The van der Waals surface area contributed by atoms with Gasteiger partial charge in [-0.2, -0.15) is 5.26 Å². The van der Waals surface area contributed by atoms with Gasteiger partial charge in [-0.25, -0.2) is 14.4 Å². The lowest BCUT2D eigenvalue weighted by molar-refractivity contribution is 0.419. The molecule has 7 nitrogen and oxygen atoms in total. The number of nitrogens with zero attached hydrogens (tertiary/aromatic N) is 4. The lowest BCUT2D eigenvalue weighted by Gasteiger charge is -2.11. The molecule has 0 fully saturated rings. The van der Waals surface area contributed by atoms with Crippen molar-refractivity contribution in [3.8, 4) is 28.8 Å². The molecule has 4 rings (SSSR count).